The van der Waals surface area contributed by atoms with Crippen LogP contribution in [0.3, 0.4) is 0 Å². The van der Waals surface area contributed by atoms with Gasteiger partial charge in [0.2, 0.25) is 5.91 Å². The topological polar surface area (TPSA) is 97.0 Å². The number of carbonyl (C=O) groups excluding carboxylic acids is 3. The molecule has 0 bridgehead atoms. The van der Waals surface area contributed by atoms with Gasteiger partial charge >= 0.3 is 6.09 Å². The highest BCUT2D eigenvalue weighted by Crippen LogP contribution is 2.29. The summed E-state index contributed by atoms with van der Waals surface area (Å²) < 4.78 is 10.9. The fourth-order valence-electron chi connectivity index (χ4n) is 5.34. The van der Waals surface area contributed by atoms with Crippen molar-refractivity contribution in [1.29, 1.82) is 0 Å². The summed E-state index contributed by atoms with van der Waals surface area (Å²) in [7, 11) is 1.59. The Kier molecular flexibility index (Phi) is 13.7. The van der Waals surface area contributed by atoms with Crippen molar-refractivity contribution in [3.05, 3.63) is 95.1 Å². The quantitative estimate of drug-likeness (QED) is 0.167. The van der Waals surface area contributed by atoms with E-state index in [1.54, 1.807) is 57.0 Å². The number of aryl methyl sites for hydroxylation is 2. The van der Waals surface area contributed by atoms with E-state index in [4.69, 9.17) is 9.47 Å². The van der Waals surface area contributed by atoms with E-state index < -0.39 is 23.8 Å². The van der Waals surface area contributed by atoms with E-state index in [0.29, 0.717) is 24.4 Å². The van der Waals surface area contributed by atoms with Crippen molar-refractivity contribution >= 4 is 23.6 Å². The number of hydrogen-bond acceptors (Lipinski definition) is 5. The average molecular weight is 630 g/mol. The molecular formula is C38H51N3O5. The van der Waals surface area contributed by atoms with Crippen molar-refractivity contribution in [2.24, 2.45) is 0 Å². The van der Waals surface area contributed by atoms with Crippen molar-refractivity contribution in [2.45, 2.75) is 97.8 Å². The molecule has 0 aromatic heterocycles. The number of hydrogen-bond donors (Lipinski definition) is 2. The predicted molar refractivity (Wildman–Crippen MR) is 184 cm³/mol. The van der Waals surface area contributed by atoms with Crippen LogP contribution in [0.5, 0.6) is 5.75 Å². The van der Waals surface area contributed by atoms with Gasteiger partial charge in [0.25, 0.3) is 5.91 Å². The zero-order chi connectivity index (χ0) is 33.7. The molecule has 0 heterocycles. The lowest BCUT2D eigenvalue weighted by Crippen LogP contribution is -2.53. The zero-order valence-electron chi connectivity index (χ0n) is 28.5. The molecule has 3 amide bonds. The Bertz CT molecular complexity index is 1420. The van der Waals surface area contributed by atoms with Gasteiger partial charge in [0.05, 0.1) is 7.11 Å². The van der Waals surface area contributed by atoms with Crippen LogP contribution in [0, 0.1) is 13.8 Å². The summed E-state index contributed by atoms with van der Waals surface area (Å²) in [6.07, 6.45) is 4.42. The van der Waals surface area contributed by atoms with Gasteiger partial charge in [-0.3, -0.25) is 9.59 Å². The molecular weight excluding hydrogens is 578 g/mol. The second-order valence-corrected chi connectivity index (χ2v) is 12.8. The molecule has 3 aromatic carbocycles. The number of nitrogens with zero attached hydrogens (tertiary/aromatic N) is 1. The molecule has 0 aliphatic heterocycles. The number of anilines is 1. The number of benzene rings is 3. The van der Waals surface area contributed by atoms with E-state index in [1.165, 1.54) is 0 Å². The summed E-state index contributed by atoms with van der Waals surface area (Å²) >= 11 is 0. The number of amides is 3. The van der Waals surface area contributed by atoms with Gasteiger partial charge in [-0.15, -0.1) is 0 Å². The largest absolute Gasteiger partial charge is 0.497 e. The molecule has 46 heavy (non-hydrogen) atoms. The van der Waals surface area contributed by atoms with Crippen LogP contribution in [0.1, 0.15) is 88.1 Å². The molecule has 2 unspecified atom stereocenters. The van der Waals surface area contributed by atoms with Crippen LogP contribution in [-0.4, -0.2) is 48.1 Å². The van der Waals surface area contributed by atoms with Crippen LogP contribution in [0.2, 0.25) is 0 Å². The number of alkyl carbamates (subject to hydrolysis) is 1. The second kappa shape index (κ2) is 17.4. The fraction of sp³-hybridized carbons (Fsp3) is 0.447. The first kappa shape index (κ1) is 36.1. The Morgan fingerprint density at radius 1 is 0.870 bits per heavy atom. The van der Waals surface area contributed by atoms with Crippen molar-refractivity contribution in [3.8, 4) is 5.75 Å². The van der Waals surface area contributed by atoms with Gasteiger partial charge in [0, 0.05) is 18.7 Å². The Labute approximate surface area is 274 Å². The summed E-state index contributed by atoms with van der Waals surface area (Å²) in [5, 5.41) is 5.89. The van der Waals surface area contributed by atoms with Crippen LogP contribution < -0.4 is 15.4 Å². The van der Waals surface area contributed by atoms with Crippen LogP contribution in [0.25, 0.3) is 0 Å². The molecule has 2 N–H and O–H groups in total. The lowest BCUT2D eigenvalue weighted by molar-refractivity contribution is -0.140. The maximum atomic E-state index is 14.8. The van der Waals surface area contributed by atoms with Gasteiger partial charge in [-0.1, -0.05) is 86.7 Å². The number of ether oxygens (including phenoxy) is 2. The lowest BCUT2D eigenvalue weighted by Gasteiger charge is -2.35. The van der Waals surface area contributed by atoms with Gasteiger partial charge < -0.3 is 25.0 Å². The molecule has 2 atom stereocenters. The third-order valence-electron chi connectivity index (χ3n) is 7.70. The lowest BCUT2D eigenvalue weighted by atomic mass is 9.95. The number of nitrogens with one attached hydrogen (secondary N) is 2. The fourth-order valence-corrected chi connectivity index (χ4v) is 5.34. The summed E-state index contributed by atoms with van der Waals surface area (Å²) in [6.45, 7) is 11.8. The monoisotopic (exact) mass is 629 g/mol. The molecule has 3 rings (SSSR count). The van der Waals surface area contributed by atoms with E-state index in [1.807, 2.05) is 62.4 Å². The Morgan fingerprint density at radius 3 is 2.17 bits per heavy atom. The number of rotatable bonds is 15. The van der Waals surface area contributed by atoms with Gasteiger partial charge in [-0.25, -0.2) is 4.79 Å². The van der Waals surface area contributed by atoms with E-state index in [9.17, 15) is 14.4 Å². The molecule has 0 aliphatic rings. The second-order valence-electron chi connectivity index (χ2n) is 12.8. The third kappa shape index (κ3) is 11.2. The minimum atomic E-state index is -0.964. The molecule has 0 radical (unpaired) electrons. The van der Waals surface area contributed by atoms with Crippen LogP contribution >= 0.6 is 0 Å². The molecule has 8 heteroatoms. The Hall–Kier alpha value is -4.33. The maximum absolute atomic E-state index is 14.8. The Morgan fingerprint density at radius 2 is 1.54 bits per heavy atom. The van der Waals surface area contributed by atoms with Crippen molar-refractivity contribution < 1.29 is 23.9 Å². The smallest absolute Gasteiger partial charge is 0.408 e. The minimum absolute atomic E-state index is 0.241. The average Bonchev–Trinajstić information content (AvgIpc) is 3.01. The molecule has 3 aromatic rings. The van der Waals surface area contributed by atoms with Gasteiger partial charge in [0.1, 0.15) is 23.4 Å². The van der Waals surface area contributed by atoms with Gasteiger partial charge in [-0.2, -0.15) is 0 Å². The highest BCUT2D eigenvalue weighted by molar-refractivity contribution is 5.99. The molecule has 0 spiro atoms. The molecule has 0 fully saturated rings. The summed E-state index contributed by atoms with van der Waals surface area (Å²) in [6, 6.07) is 20.7. The number of carbonyl (C=O) groups is 3. The molecule has 0 saturated heterocycles. The van der Waals surface area contributed by atoms with E-state index in [0.717, 1.165) is 47.9 Å². The third-order valence-corrected chi connectivity index (χ3v) is 7.70. The number of unbranched alkanes of at least 4 members (excludes halogenated alkanes) is 4. The summed E-state index contributed by atoms with van der Waals surface area (Å²) in [5.74, 6) is -0.0116. The Balaban J connectivity index is 2.09. The highest BCUT2D eigenvalue weighted by Gasteiger charge is 2.37. The predicted octanol–water partition coefficient (Wildman–Crippen LogP) is 7.93. The van der Waals surface area contributed by atoms with Crippen LogP contribution in [0.4, 0.5) is 10.5 Å². The normalized spacial score (nSPS) is 12.5. The van der Waals surface area contributed by atoms with Crippen molar-refractivity contribution in [3.63, 3.8) is 0 Å². The van der Waals surface area contributed by atoms with E-state index in [-0.39, 0.29) is 18.2 Å². The maximum Gasteiger partial charge on any atom is 0.408 e. The van der Waals surface area contributed by atoms with Crippen LogP contribution in [-0.2, 0) is 20.7 Å². The first-order valence-corrected chi connectivity index (χ1v) is 16.3. The molecule has 0 saturated carbocycles. The first-order valence-electron chi connectivity index (χ1n) is 16.3. The molecule has 0 aliphatic carbocycles. The van der Waals surface area contributed by atoms with Gasteiger partial charge in [0.15, 0.2) is 0 Å². The van der Waals surface area contributed by atoms with E-state index >= 15 is 0 Å². The number of methoxy groups -OCH3 is 1. The highest BCUT2D eigenvalue weighted by atomic mass is 16.6. The summed E-state index contributed by atoms with van der Waals surface area (Å²) in [5.41, 5.74) is 3.33. The van der Waals surface area contributed by atoms with E-state index in [2.05, 4.69) is 17.6 Å². The first-order chi connectivity index (χ1) is 21.9. The molecule has 8 nitrogen and oxygen atoms in total. The standard InChI is InChI=1S/C38H51N3O5/c1-8-9-10-11-15-24-41(36(43)33(26-29-16-13-12-14-17-29)40-37(44)46-38(4,5)6)34(32-25-27(2)18-19-28(32)3)35(42)39-30-20-22-31(45-7)23-21-30/h12-14,16-23,25,33-34H,8-11,15,24,26H2,1-7H3,(H,39,42)(H,40,44). The SMILES string of the molecule is CCCCCCCN(C(=O)C(Cc1ccccc1)NC(=O)OC(C)(C)C)C(C(=O)Nc1ccc(OC)cc1)c1cc(C)ccc1C. The van der Waals surface area contributed by atoms with Crippen LogP contribution in [0.15, 0.2) is 72.8 Å². The zero-order valence-corrected chi connectivity index (χ0v) is 28.5. The van der Waals surface area contributed by atoms with Crippen molar-refractivity contribution in [1.82, 2.24) is 10.2 Å². The van der Waals surface area contributed by atoms with Gasteiger partial charge in [-0.05, 0) is 82.0 Å². The minimum Gasteiger partial charge on any atom is -0.497 e. The van der Waals surface area contributed by atoms with Crippen molar-refractivity contribution in [2.75, 3.05) is 19.0 Å². The summed E-state index contributed by atoms with van der Waals surface area (Å²) in [4.78, 5) is 43.9. The molecule has 248 valence electrons.